The molecule has 4 rings (SSSR count). The number of hydrogen-bond donors (Lipinski definition) is 2. The number of carbonyl (C=O) groups excluding carboxylic acids is 2. The molecular weight excluding hydrogens is 447 g/mol. The molecule has 0 saturated carbocycles. The van der Waals surface area contributed by atoms with Gasteiger partial charge < -0.3 is 10.2 Å². The van der Waals surface area contributed by atoms with E-state index in [0.717, 1.165) is 34.2 Å². The smallest absolute Gasteiger partial charge is 0.416 e. The normalized spacial score (nSPS) is 17.9. The van der Waals surface area contributed by atoms with Crippen LogP contribution in [0.4, 0.5) is 18.9 Å². The summed E-state index contributed by atoms with van der Waals surface area (Å²) in [5.74, 6) is -2.60. The third-order valence-electron chi connectivity index (χ3n) is 5.89. The van der Waals surface area contributed by atoms with Crippen LogP contribution in [-0.2, 0) is 15.8 Å². The number of ketones is 1. The van der Waals surface area contributed by atoms with E-state index in [9.17, 15) is 33.0 Å². The number of halogens is 3. The van der Waals surface area contributed by atoms with Crippen molar-refractivity contribution in [2.45, 2.75) is 26.1 Å². The monoisotopic (exact) mass is 467 g/mol. The second-order valence-electron chi connectivity index (χ2n) is 8.11. The van der Waals surface area contributed by atoms with Gasteiger partial charge in [-0.25, -0.2) is 0 Å². The number of aliphatic hydroxyl groups is 1. The molecular formula is C26H20F3NO4. The third kappa shape index (κ3) is 4.03. The van der Waals surface area contributed by atoms with Crippen LogP contribution in [-0.4, -0.2) is 21.9 Å². The number of amides is 1. The van der Waals surface area contributed by atoms with Gasteiger partial charge in [0.1, 0.15) is 11.5 Å². The van der Waals surface area contributed by atoms with Gasteiger partial charge in [0, 0.05) is 11.3 Å². The molecule has 1 atom stereocenters. The van der Waals surface area contributed by atoms with E-state index in [-0.39, 0.29) is 17.0 Å². The summed E-state index contributed by atoms with van der Waals surface area (Å²) in [5, 5.41) is 20.8. The second kappa shape index (κ2) is 8.37. The van der Waals surface area contributed by atoms with Crippen LogP contribution >= 0.6 is 0 Å². The third-order valence-corrected chi connectivity index (χ3v) is 5.89. The molecule has 1 heterocycles. The van der Waals surface area contributed by atoms with Gasteiger partial charge in [-0.2, -0.15) is 13.2 Å². The van der Waals surface area contributed by atoms with Gasteiger partial charge in [0.25, 0.3) is 11.7 Å². The van der Waals surface area contributed by atoms with E-state index in [1.807, 2.05) is 13.8 Å². The van der Waals surface area contributed by atoms with E-state index in [1.54, 1.807) is 18.2 Å². The van der Waals surface area contributed by atoms with Crippen molar-refractivity contribution in [2.24, 2.45) is 0 Å². The van der Waals surface area contributed by atoms with Crippen molar-refractivity contribution >= 4 is 23.1 Å². The lowest BCUT2D eigenvalue weighted by Crippen LogP contribution is -2.29. The lowest BCUT2D eigenvalue weighted by Gasteiger charge is -2.26. The molecule has 0 spiro atoms. The Labute approximate surface area is 193 Å². The van der Waals surface area contributed by atoms with Crippen molar-refractivity contribution in [1.29, 1.82) is 0 Å². The van der Waals surface area contributed by atoms with E-state index in [0.29, 0.717) is 11.1 Å². The van der Waals surface area contributed by atoms with Gasteiger partial charge in [-0.15, -0.1) is 0 Å². The van der Waals surface area contributed by atoms with Crippen molar-refractivity contribution in [2.75, 3.05) is 4.90 Å². The number of carbonyl (C=O) groups is 2. The Bertz CT molecular complexity index is 1330. The van der Waals surface area contributed by atoms with E-state index >= 15 is 0 Å². The molecule has 0 bridgehead atoms. The zero-order valence-corrected chi connectivity index (χ0v) is 18.2. The molecule has 1 aliphatic rings. The number of Topliss-reactive ketones (excluding diaryl/α,β-unsaturated/α-hetero) is 1. The predicted octanol–water partition coefficient (Wildman–Crippen LogP) is 5.65. The number of aryl methyl sites for hydroxylation is 2. The van der Waals surface area contributed by atoms with Crippen LogP contribution in [0.15, 0.2) is 72.3 Å². The maximum absolute atomic E-state index is 13.3. The Morgan fingerprint density at radius 2 is 1.59 bits per heavy atom. The molecule has 0 radical (unpaired) electrons. The maximum atomic E-state index is 13.3. The van der Waals surface area contributed by atoms with Crippen molar-refractivity contribution in [3.05, 3.63) is 100 Å². The first-order chi connectivity index (χ1) is 16.0. The molecule has 0 aromatic heterocycles. The summed E-state index contributed by atoms with van der Waals surface area (Å²) >= 11 is 0. The average molecular weight is 467 g/mol. The number of phenolic OH excluding ortho intramolecular Hbond substituents is 1. The highest BCUT2D eigenvalue weighted by atomic mass is 19.4. The number of benzene rings is 3. The number of hydrogen-bond acceptors (Lipinski definition) is 4. The fourth-order valence-corrected chi connectivity index (χ4v) is 3.95. The predicted molar refractivity (Wildman–Crippen MR) is 120 cm³/mol. The van der Waals surface area contributed by atoms with Gasteiger partial charge in [0.05, 0.1) is 17.2 Å². The largest absolute Gasteiger partial charge is 0.508 e. The number of nitrogens with zero attached hydrogens (tertiary/aromatic N) is 1. The van der Waals surface area contributed by atoms with Gasteiger partial charge in [0.2, 0.25) is 0 Å². The summed E-state index contributed by atoms with van der Waals surface area (Å²) in [4.78, 5) is 27.1. The van der Waals surface area contributed by atoms with E-state index in [4.69, 9.17) is 0 Å². The summed E-state index contributed by atoms with van der Waals surface area (Å²) in [7, 11) is 0. The standard InChI is InChI=1S/C26H20F3NO4/c1-14-6-7-17(12-15(14)2)23(32)21-22(16-8-10-20(31)11-9-16)30(25(34)24(21)33)19-5-3-4-18(13-19)26(27,28)29/h3-13,22,31-32H,1-2H3/b23-21+. The number of aliphatic hydroxyl groups excluding tert-OH is 1. The van der Waals surface area contributed by atoms with E-state index in [1.165, 1.54) is 30.3 Å². The van der Waals surface area contributed by atoms with Crippen molar-refractivity contribution < 1.29 is 33.0 Å². The minimum absolute atomic E-state index is 0.0751. The molecule has 1 unspecified atom stereocenters. The number of rotatable bonds is 3. The van der Waals surface area contributed by atoms with Crippen LogP contribution in [0, 0.1) is 13.8 Å². The number of anilines is 1. The van der Waals surface area contributed by atoms with E-state index < -0.39 is 35.2 Å². The highest BCUT2D eigenvalue weighted by molar-refractivity contribution is 6.51. The summed E-state index contributed by atoms with van der Waals surface area (Å²) in [6.07, 6.45) is -4.66. The first-order valence-corrected chi connectivity index (χ1v) is 10.3. The second-order valence-corrected chi connectivity index (χ2v) is 8.11. The minimum Gasteiger partial charge on any atom is -0.508 e. The van der Waals surface area contributed by atoms with Gasteiger partial charge in [-0.1, -0.05) is 30.3 Å². The quantitative estimate of drug-likeness (QED) is 0.296. The Hall–Kier alpha value is -4.07. The summed E-state index contributed by atoms with van der Waals surface area (Å²) in [6.45, 7) is 3.70. The molecule has 3 aromatic rings. The van der Waals surface area contributed by atoms with Crippen LogP contribution in [0.25, 0.3) is 5.76 Å². The molecule has 1 aliphatic heterocycles. The molecule has 3 aromatic carbocycles. The van der Waals surface area contributed by atoms with Crippen LogP contribution in [0.5, 0.6) is 5.75 Å². The first kappa shape index (κ1) is 23.1. The maximum Gasteiger partial charge on any atom is 0.416 e. The van der Waals surface area contributed by atoms with E-state index in [2.05, 4.69) is 0 Å². The molecule has 1 fully saturated rings. The molecule has 5 nitrogen and oxygen atoms in total. The Morgan fingerprint density at radius 1 is 0.912 bits per heavy atom. The molecule has 1 saturated heterocycles. The minimum atomic E-state index is -4.66. The van der Waals surface area contributed by atoms with Crippen LogP contribution < -0.4 is 4.90 Å². The highest BCUT2D eigenvalue weighted by Gasteiger charge is 2.47. The molecule has 2 N–H and O–H groups in total. The molecule has 174 valence electrons. The molecule has 8 heteroatoms. The van der Waals surface area contributed by atoms with Crippen molar-refractivity contribution in [1.82, 2.24) is 0 Å². The van der Waals surface area contributed by atoms with Crippen LogP contribution in [0.3, 0.4) is 0 Å². The van der Waals surface area contributed by atoms with Crippen LogP contribution in [0.2, 0.25) is 0 Å². The molecule has 34 heavy (non-hydrogen) atoms. The van der Waals surface area contributed by atoms with Gasteiger partial charge in [0.15, 0.2) is 0 Å². The number of alkyl halides is 3. The summed E-state index contributed by atoms with van der Waals surface area (Å²) < 4.78 is 40.0. The van der Waals surface area contributed by atoms with Gasteiger partial charge >= 0.3 is 6.18 Å². The van der Waals surface area contributed by atoms with Crippen molar-refractivity contribution in [3.8, 4) is 5.75 Å². The summed E-state index contributed by atoms with van der Waals surface area (Å²) in [5.41, 5.74) is 1.05. The highest BCUT2D eigenvalue weighted by Crippen LogP contribution is 2.43. The molecule has 1 amide bonds. The van der Waals surface area contributed by atoms with Gasteiger partial charge in [-0.05, 0) is 66.9 Å². The van der Waals surface area contributed by atoms with Crippen LogP contribution in [0.1, 0.15) is 33.9 Å². The lowest BCUT2D eigenvalue weighted by molar-refractivity contribution is -0.137. The lowest BCUT2D eigenvalue weighted by atomic mass is 9.94. The first-order valence-electron chi connectivity index (χ1n) is 10.3. The fraction of sp³-hybridized carbons (Fsp3) is 0.154. The average Bonchev–Trinajstić information content (AvgIpc) is 3.06. The number of aromatic hydroxyl groups is 1. The Kier molecular flexibility index (Phi) is 5.69. The topological polar surface area (TPSA) is 77.8 Å². The fourth-order valence-electron chi connectivity index (χ4n) is 3.95. The van der Waals surface area contributed by atoms with Gasteiger partial charge in [-0.3, -0.25) is 14.5 Å². The van der Waals surface area contributed by atoms with Crippen molar-refractivity contribution in [3.63, 3.8) is 0 Å². The molecule has 0 aliphatic carbocycles. The zero-order valence-electron chi connectivity index (χ0n) is 18.2. The summed E-state index contributed by atoms with van der Waals surface area (Å²) in [6, 6.07) is 13.5. The number of phenols is 1. The zero-order chi connectivity index (χ0) is 24.8. The SMILES string of the molecule is Cc1ccc(/C(O)=C2\C(=O)C(=O)N(c3cccc(C(F)(F)F)c3)C2c2ccc(O)cc2)cc1C. The Morgan fingerprint density at radius 3 is 2.21 bits per heavy atom. The Balaban J connectivity index is 1.95.